The highest BCUT2D eigenvalue weighted by Crippen LogP contribution is 1.99. The van der Waals surface area contributed by atoms with Gasteiger partial charge in [-0.1, -0.05) is 0 Å². The molecule has 0 unspecified atom stereocenters. The molecule has 0 aromatic carbocycles. The summed E-state index contributed by atoms with van der Waals surface area (Å²) < 4.78 is 8.19. The van der Waals surface area contributed by atoms with Crippen LogP contribution in [0, 0.1) is 0 Å². The van der Waals surface area contributed by atoms with E-state index in [0.717, 1.165) is 0 Å². The molecular weight excluding hydrogens is 272 g/mol. The Morgan fingerprint density at radius 3 is 1.50 bits per heavy atom. The first-order chi connectivity index (χ1) is 4.70. The van der Waals surface area contributed by atoms with Crippen molar-refractivity contribution in [3.05, 3.63) is 0 Å². The maximum atomic E-state index is 10.3. The molecule has 0 aromatic rings. The summed E-state index contributed by atoms with van der Waals surface area (Å²) in [5.74, 6) is -1.00. The second-order valence-corrected chi connectivity index (χ2v) is 2.05. The van der Waals surface area contributed by atoms with Crippen molar-refractivity contribution in [2.24, 2.45) is 0 Å². The SMILES string of the molecule is O=C(CCC(=O)OBr)OBr. The molecule has 0 saturated heterocycles. The maximum absolute atomic E-state index is 10.3. The zero-order chi connectivity index (χ0) is 7.98. The van der Waals surface area contributed by atoms with Gasteiger partial charge in [-0.15, -0.1) is 0 Å². The number of halogens is 2. The second-order valence-electron chi connectivity index (χ2n) is 1.40. The molecule has 0 aliphatic rings. The third-order valence-corrected chi connectivity index (χ3v) is 1.43. The van der Waals surface area contributed by atoms with Crippen molar-refractivity contribution in [3.8, 4) is 0 Å². The molecule has 0 aliphatic carbocycles. The van der Waals surface area contributed by atoms with Crippen LogP contribution in [0.3, 0.4) is 0 Å². The van der Waals surface area contributed by atoms with Crippen LogP contribution in [0.25, 0.3) is 0 Å². The van der Waals surface area contributed by atoms with E-state index in [0.29, 0.717) is 0 Å². The largest absolute Gasteiger partial charge is 0.384 e. The number of rotatable bonds is 3. The van der Waals surface area contributed by atoms with Crippen molar-refractivity contribution in [1.82, 2.24) is 0 Å². The number of carbonyl (C=O) groups excluding carboxylic acids is 2. The summed E-state index contributed by atoms with van der Waals surface area (Å²) in [6.45, 7) is 0. The van der Waals surface area contributed by atoms with Gasteiger partial charge in [-0.3, -0.25) is 9.59 Å². The van der Waals surface area contributed by atoms with E-state index in [4.69, 9.17) is 0 Å². The molecule has 0 spiro atoms. The quantitative estimate of drug-likeness (QED) is 0.783. The van der Waals surface area contributed by atoms with Gasteiger partial charge in [-0.2, -0.15) is 0 Å². The highest BCUT2D eigenvalue weighted by atomic mass is 79.9. The predicted octanol–water partition coefficient (Wildman–Crippen LogP) is 1.47. The molecule has 10 heavy (non-hydrogen) atoms. The Hall–Kier alpha value is -0.100. The topological polar surface area (TPSA) is 52.6 Å². The van der Waals surface area contributed by atoms with Gasteiger partial charge in [0, 0.05) is 0 Å². The average Bonchev–Trinajstić information content (AvgIpc) is 1.99. The van der Waals surface area contributed by atoms with Crippen molar-refractivity contribution in [2.75, 3.05) is 0 Å². The number of hydrogen-bond acceptors (Lipinski definition) is 4. The fraction of sp³-hybridized carbons (Fsp3) is 0.500. The van der Waals surface area contributed by atoms with Gasteiger partial charge in [0.1, 0.15) is 0 Å². The Labute approximate surface area is 74.8 Å². The van der Waals surface area contributed by atoms with Crippen LogP contribution in [-0.2, 0) is 17.2 Å². The molecule has 0 rings (SSSR count). The van der Waals surface area contributed by atoms with Gasteiger partial charge in [0.25, 0.3) is 0 Å². The second kappa shape index (κ2) is 5.67. The first-order valence-electron chi connectivity index (χ1n) is 2.33. The van der Waals surface area contributed by atoms with Crippen LogP contribution < -0.4 is 0 Å². The minimum absolute atomic E-state index is 0.00961. The molecule has 0 saturated carbocycles. The highest BCUT2D eigenvalue weighted by Gasteiger charge is 2.06. The lowest BCUT2D eigenvalue weighted by Crippen LogP contribution is -2.02. The minimum atomic E-state index is -0.502. The monoisotopic (exact) mass is 274 g/mol. The van der Waals surface area contributed by atoms with Crippen molar-refractivity contribution in [3.63, 3.8) is 0 Å². The average molecular weight is 276 g/mol. The normalized spacial score (nSPS) is 8.60. The summed E-state index contributed by atoms with van der Waals surface area (Å²) in [6, 6.07) is 0. The zero-order valence-electron chi connectivity index (χ0n) is 4.80. The zero-order valence-corrected chi connectivity index (χ0v) is 7.98. The van der Waals surface area contributed by atoms with Gasteiger partial charge >= 0.3 is 11.9 Å². The third kappa shape index (κ3) is 4.75. The molecule has 0 aliphatic heterocycles. The fourth-order valence-electron chi connectivity index (χ4n) is 0.281. The van der Waals surface area contributed by atoms with E-state index >= 15 is 0 Å². The van der Waals surface area contributed by atoms with Crippen molar-refractivity contribution < 1.29 is 17.2 Å². The molecular formula is C4H4Br2O4. The molecule has 0 amide bonds. The number of carbonyl (C=O) groups is 2. The van der Waals surface area contributed by atoms with Gasteiger partial charge in [-0.25, -0.2) is 0 Å². The number of hydrogen-bond donors (Lipinski definition) is 0. The van der Waals surface area contributed by atoms with Crippen LogP contribution in [0.5, 0.6) is 0 Å². The van der Waals surface area contributed by atoms with Gasteiger partial charge in [-0.05, 0) is 0 Å². The van der Waals surface area contributed by atoms with Gasteiger partial charge in [0.05, 0.1) is 12.8 Å². The van der Waals surface area contributed by atoms with E-state index in [9.17, 15) is 9.59 Å². The molecule has 0 radical (unpaired) electrons. The standard InChI is InChI=1S/C4H4Br2O4/c5-9-3(7)1-2-4(8)10-6/h1-2H2. The van der Waals surface area contributed by atoms with E-state index in [1.807, 2.05) is 0 Å². The van der Waals surface area contributed by atoms with Crippen LogP contribution in [0.1, 0.15) is 12.8 Å². The van der Waals surface area contributed by atoms with Gasteiger partial charge in [0.2, 0.25) is 0 Å². The molecule has 6 heteroatoms. The summed E-state index contributed by atoms with van der Waals surface area (Å²) >= 11 is 4.95. The van der Waals surface area contributed by atoms with E-state index in [-0.39, 0.29) is 12.8 Å². The highest BCUT2D eigenvalue weighted by molar-refractivity contribution is 9.06. The van der Waals surface area contributed by atoms with Gasteiger partial charge < -0.3 is 7.66 Å². The lowest BCUT2D eigenvalue weighted by atomic mass is 10.3. The summed E-state index contributed by atoms with van der Waals surface area (Å²) in [6.07, 6.45) is 0.0192. The third-order valence-electron chi connectivity index (χ3n) is 0.705. The predicted molar refractivity (Wildman–Crippen MR) is 39.3 cm³/mol. The minimum Gasteiger partial charge on any atom is -0.384 e. The van der Waals surface area contributed by atoms with Crippen molar-refractivity contribution in [2.45, 2.75) is 12.8 Å². The molecule has 0 aromatic heterocycles. The lowest BCUT2D eigenvalue weighted by Gasteiger charge is -1.93. The van der Waals surface area contributed by atoms with E-state index in [1.54, 1.807) is 0 Å². The maximum Gasteiger partial charge on any atom is 0.317 e. The summed E-state index contributed by atoms with van der Waals surface area (Å²) in [4.78, 5) is 20.7. The molecule has 0 N–H and O–H groups in total. The Bertz CT molecular complexity index is 119. The van der Waals surface area contributed by atoms with Gasteiger partial charge in [0.15, 0.2) is 32.5 Å². The molecule has 58 valence electrons. The first-order valence-corrected chi connectivity index (χ1v) is 3.63. The van der Waals surface area contributed by atoms with Crippen molar-refractivity contribution >= 4 is 44.5 Å². The Kier molecular flexibility index (Phi) is 5.61. The molecule has 0 bridgehead atoms. The van der Waals surface area contributed by atoms with E-state index in [1.165, 1.54) is 0 Å². The first kappa shape index (κ1) is 9.90. The lowest BCUT2D eigenvalue weighted by molar-refractivity contribution is -0.138. The van der Waals surface area contributed by atoms with Crippen LogP contribution in [0.15, 0.2) is 0 Å². The van der Waals surface area contributed by atoms with Crippen molar-refractivity contribution in [1.29, 1.82) is 0 Å². The fourth-order valence-corrected chi connectivity index (χ4v) is 0.605. The molecule has 0 heterocycles. The molecule has 0 fully saturated rings. The van der Waals surface area contributed by atoms with E-state index < -0.39 is 11.9 Å². The Morgan fingerprint density at radius 1 is 1.00 bits per heavy atom. The van der Waals surface area contributed by atoms with E-state index in [2.05, 4.69) is 40.2 Å². The summed E-state index contributed by atoms with van der Waals surface area (Å²) in [5.41, 5.74) is 0. The van der Waals surface area contributed by atoms with Crippen LogP contribution in [0.2, 0.25) is 0 Å². The van der Waals surface area contributed by atoms with Crippen LogP contribution >= 0.6 is 32.5 Å². The Morgan fingerprint density at radius 2 is 1.30 bits per heavy atom. The smallest absolute Gasteiger partial charge is 0.317 e. The Balaban J connectivity index is 3.35. The summed E-state index contributed by atoms with van der Waals surface area (Å²) in [5, 5.41) is 0. The van der Waals surface area contributed by atoms with Crippen LogP contribution in [-0.4, -0.2) is 11.9 Å². The molecule has 0 atom stereocenters. The summed E-state index contributed by atoms with van der Waals surface area (Å²) in [7, 11) is 0. The van der Waals surface area contributed by atoms with Crippen LogP contribution in [0.4, 0.5) is 0 Å². The molecule has 4 nitrogen and oxygen atoms in total.